The number of aromatic nitrogens is 2. The Labute approximate surface area is 112 Å². The molecule has 3 rings (SSSR count). The minimum absolute atomic E-state index is 0.687. The number of imidazole rings is 1. The van der Waals surface area contributed by atoms with E-state index in [0.29, 0.717) is 6.54 Å². The van der Waals surface area contributed by atoms with Gasteiger partial charge in [0.15, 0.2) is 0 Å². The van der Waals surface area contributed by atoms with Crippen LogP contribution in [0.1, 0.15) is 11.1 Å². The maximum absolute atomic E-state index is 5.56. The quantitative estimate of drug-likeness (QED) is 0.778. The van der Waals surface area contributed by atoms with E-state index in [1.54, 1.807) is 0 Å². The highest BCUT2D eigenvalue weighted by Gasteiger charge is 2.05. The van der Waals surface area contributed by atoms with Gasteiger partial charge >= 0.3 is 0 Å². The van der Waals surface area contributed by atoms with Gasteiger partial charge in [-0.15, -0.1) is 0 Å². The lowest BCUT2D eigenvalue weighted by Gasteiger charge is -2.00. The molecule has 96 valence electrons. The van der Waals surface area contributed by atoms with Crippen molar-refractivity contribution in [1.29, 1.82) is 0 Å². The van der Waals surface area contributed by atoms with Crippen molar-refractivity contribution in [3.8, 4) is 11.3 Å². The van der Waals surface area contributed by atoms with Crippen LogP contribution in [0.3, 0.4) is 0 Å². The van der Waals surface area contributed by atoms with E-state index >= 15 is 0 Å². The van der Waals surface area contributed by atoms with Crippen molar-refractivity contribution in [1.82, 2.24) is 9.38 Å². The number of nitrogens with two attached hydrogens (primary N) is 1. The first-order valence-corrected chi connectivity index (χ1v) is 6.51. The van der Waals surface area contributed by atoms with Crippen molar-refractivity contribution in [3.05, 3.63) is 59.9 Å². The van der Waals surface area contributed by atoms with Crippen LogP contribution >= 0.6 is 0 Å². The monoisotopic (exact) mass is 251 g/mol. The summed E-state index contributed by atoms with van der Waals surface area (Å²) in [6, 6.07) is 12.6. The lowest BCUT2D eigenvalue weighted by Crippen LogP contribution is -2.02. The normalized spacial score (nSPS) is 11.1. The number of aryl methyl sites for hydroxylation is 1. The second kappa shape index (κ2) is 4.86. The SMILES string of the molecule is Cc1cccn2cc(-c3ccc(CCN)cc3)nc12. The van der Waals surface area contributed by atoms with Gasteiger partial charge in [-0.3, -0.25) is 0 Å². The molecule has 19 heavy (non-hydrogen) atoms. The first kappa shape index (κ1) is 11.9. The van der Waals surface area contributed by atoms with Crippen molar-refractivity contribution in [2.45, 2.75) is 13.3 Å². The predicted molar refractivity (Wildman–Crippen MR) is 78.1 cm³/mol. The van der Waals surface area contributed by atoms with Gasteiger partial charge in [-0.25, -0.2) is 4.98 Å². The summed E-state index contributed by atoms with van der Waals surface area (Å²) in [6.07, 6.45) is 5.02. The molecule has 0 saturated heterocycles. The largest absolute Gasteiger partial charge is 0.330 e. The van der Waals surface area contributed by atoms with Crippen LogP contribution in [0.2, 0.25) is 0 Å². The molecular weight excluding hydrogens is 234 g/mol. The zero-order chi connectivity index (χ0) is 13.2. The van der Waals surface area contributed by atoms with Gasteiger partial charge in [0.1, 0.15) is 5.65 Å². The average molecular weight is 251 g/mol. The first-order chi connectivity index (χ1) is 9.28. The van der Waals surface area contributed by atoms with Crippen LogP contribution in [0, 0.1) is 6.92 Å². The molecule has 0 bridgehead atoms. The van der Waals surface area contributed by atoms with Crippen LogP contribution in [-0.4, -0.2) is 15.9 Å². The minimum atomic E-state index is 0.687. The topological polar surface area (TPSA) is 43.3 Å². The molecular formula is C16H17N3. The number of nitrogens with zero attached hydrogens (tertiary/aromatic N) is 2. The fraction of sp³-hybridized carbons (Fsp3) is 0.188. The molecule has 0 aliphatic heterocycles. The lowest BCUT2D eigenvalue weighted by molar-refractivity contribution is 0.969. The van der Waals surface area contributed by atoms with Gasteiger partial charge in [-0.1, -0.05) is 30.3 Å². The molecule has 0 atom stereocenters. The van der Waals surface area contributed by atoms with Gasteiger partial charge in [-0.2, -0.15) is 0 Å². The second-order valence-corrected chi connectivity index (χ2v) is 4.78. The molecule has 2 aromatic heterocycles. The highest BCUT2D eigenvalue weighted by atomic mass is 15.0. The zero-order valence-electron chi connectivity index (χ0n) is 11.0. The van der Waals surface area contributed by atoms with E-state index < -0.39 is 0 Å². The second-order valence-electron chi connectivity index (χ2n) is 4.78. The molecule has 3 nitrogen and oxygen atoms in total. The molecule has 0 radical (unpaired) electrons. The molecule has 0 saturated carbocycles. The molecule has 0 fully saturated rings. The Hall–Kier alpha value is -2.13. The van der Waals surface area contributed by atoms with Crippen molar-refractivity contribution in [3.63, 3.8) is 0 Å². The maximum Gasteiger partial charge on any atom is 0.140 e. The van der Waals surface area contributed by atoms with Gasteiger partial charge in [-0.05, 0) is 37.1 Å². The molecule has 0 amide bonds. The summed E-state index contributed by atoms with van der Waals surface area (Å²) in [7, 11) is 0. The van der Waals surface area contributed by atoms with Crippen LogP contribution in [0.15, 0.2) is 48.8 Å². The summed E-state index contributed by atoms with van der Waals surface area (Å²) in [6.45, 7) is 2.77. The molecule has 0 aliphatic rings. The van der Waals surface area contributed by atoms with E-state index in [-0.39, 0.29) is 0 Å². The highest BCUT2D eigenvalue weighted by molar-refractivity contribution is 5.64. The number of fused-ring (bicyclic) bond motifs is 1. The van der Waals surface area contributed by atoms with Crippen molar-refractivity contribution < 1.29 is 0 Å². The Bertz CT molecular complexity index is 696. The van der Waals surface area contributed by atoms with Crippen LogP contribution in [-0.2, 0) is 6.42 Å². The Morgan fingerprint density at radius 1 is 1.16 bits per heavy atom. The Kier molecular flexibility index (Phi) is 3.05. The van der Waals surface area contributed by atoms with E-state index in [0.717, 1.165) is 23.3 Å². The number of hydrogen-bond donors (Lipinski definition) is 1. The van der Waals surface area contributed by atoms with Gasteiger partial charge in [0.05, 0.1) is 5.69 Å². The van der Waals surface area contributed by atoms with Crippen LogP contribution in [0.4, 0.5) is 0 Å². The molecule has 0 unspecified atom stereocenters. The van der Waals surface area contributed by atoms with Crippen molar-refractivity contribution in [2.24, 2.45) is 5.73 Å². The van der Waals surface area contributed by atoms with Gasteiger partial charge in [0, 0.05) is 18.0 Å². The third kappa shape index (κ3) is 2.25. The highest BCUT2D eigenvalue weighted by Crippen LogP contribution is 2.21. The van der Waals surface area contributed by atoms with Gasteiger partial charge in [0.25, 0.3) is 0 Å². The summed E-state index contributed by atoms with van der Waals surface area (Å²) in [5, 5.41) is 0. The third-order valence-electron chi connectivity index (χ3n) is 3.36. The molecule has 2 N–H and O–H groups in total. The van der Waals surface area contributed by atoms with Crippen LogP contribution < -0.4 is 5.73 Å². The van der Waals surface area contributed by atoms with E-state index in [2.05, 4.69) is 47.9 Å². The van der Waals surface area contributed by atoms with E-state index in [9.17, 15) is 0 Å². The van der Waals surface area contributed by atoms with Crippen molar-refractivity contribution >= 4 is 5.65 Å². The number of benzene rings is 1. The number of hydrogen-bond acceptors (Lipinski definition) is 2. The van der Waals surface area contributed by atoms with Crippen LogP contribution in [0.5, 0.6) is 0 Å². The molecule has 3 aromatic rings. The fourth-order valence-corrected chi connectivity index (χ4v) is 2.30. The Morgan fingerprint density at radius 3 is 2.63 bits per heavy atom. The average Bonchev–Trinajstić information content (AvgIpc) is 2.85. The Morgan fingerprint density at radius 2 is 1.95 bits per heavy atom. The van der Waals surface area contributed by atoms with Crippen LogP contribution in [0.25, 0.3) is 16.9 Å². The van der Waals surface area contributed by atoms with E-state index in [1.807, 2.05) is 12.3 Å². The van der Waals surface area contributed by atoms with E-state index in [4.69, 9.17) is 10.7 Å². The fourth-order valence-electron chi connectivity index (χ4n) is 2.30. The maximum atomic E-state index is 5.56. The minimum Gasteiger partial charge on any atom is -0.330 e. The molecule has 2 heterocycles. The first-order valence-electron chi connectivity index (χ1n) is 6.51. The molecule has 0 spiro atoms. The summed E-state index contributed by atoms with van der Waals surface area (Å²) >= 11 is 0. The van der Waals surface area contributed by atoms with Gasteiger partial charge < -0.3 is 10.1 Å². The van der Waals surface area contributed by atoms with Crippen molar-refractivity contribution in [2.75, 3.05) is 6.54 Å². The van der Waals surface area contributed by atoms with E-state index in [1.165, 1.54) is 11.1 Å². The summed E-state index contributed by atoms with van der Waals surface area (Å²) in [5.74, 6) is 0. The number of rotatable bonds is 3. The van der Waals surface area contributed by atoms with Gasteiger partial charge in [0.2, 0.25) is 0 Å². The number of pyridine rings is 1. The lowest BCUT2D eigenvalue weighted by atomic mass is 10.1. The summed E-state index contributed by atoms with van der Waals surface area (Å²) in [5.41, 5.74) is 11.2. The molecule has 3 heteroatoms. The molecule has 0 aliphatic carbocycles. The summed E-state index contributed by atoms with van der Waals surface area (Å²) in [4.78, 5) is 4.70. The molecule has 1 aromatic carbocycles. The predicted octanol–water partition coefficient (Wildman–Crippen LogP) is 2.81. The zero-order valence-corrected chi connectivity index (χ0v) is 11.0. The smallest absolute Gasteiger partial charge is 0.140 e. The summed E-state index contributed by atoms with van der Waals surface area (Å²) < 4.78 is 2.07. The Balaban J connectivity index is 2.01. The standard InChI is InChI=1S/C16H17N3/c1-12-3-2-10-19-11-15(18-16(12)19)14-6-4-13(5-7-14)8-9-17/h2-7,10-11H,8-9,17H2,1H3. The third-order valence-corrected chi connectivity index (χ3v) is 3.36.